The van der Waals surface area contributed by atoms with E-state index in [1.807, 2.05) is 48.2 Å². The molecule has 0 saturated carbocycles. The molecule has 1 aliphatic heterocycles. The van der Waals surface area contributed by atoms with Crippen molar-refractivity contribution in [1.29, 1.82) is 0 Å². The molecule has 186 valence electrons. The van der Waals surface area contributed by atoms with Crippen molar-refractivity contribution in [3.8, 4) is 17.2 Å². The molecular weight excluding hydrogens is 460 g/mol. The van der Waals surface area contributed by atoms with Crippen molar-refractivity contribution in [3.05, 3.63) is 71.7 Å². The molecule has 0 atom stereocenters. The third-order valence-corrected chi connectivity index (χ3v) is 6.19. The number of piperazine rings is 1. The molecule has 1 aliphatic rings. The lowest BCUT2D eigenvalue weighted by Crippen LogP contribution is -2.49. The SMILES string of the molecule is COc1cc(C(=O)N2CCN(c3cc(C)nc4ncnn34)CC2)cc(OC)c1OCc1ccccc1. The summed E-state index contributed by atoms with van der Waals surface area (Å²) in [6, 6.07) is 15.3. The van der Waals surface area contributed by atoms with Gasteiger partial charge in [0.1, 0.15) is 18.8 Å². The first-order chi connectivity index (χ1) is 17.6. The number of fused-ring (bicyclic) bond motifs is 1. The average Bonchev–Trinajstić information content (AvgIpc) is 3.39. The second kappa shape index (κ2) is 10.1. The molecule has 36 heavy (non-hydrogen) atoms. The topological polar surface area (TPSA) is 94.3 Å². The van der Waals surface area contributed by atoms with Crippen molar-refractivity contribution < 1.29 is 19.0 Å². The Morgan fingerprint density at radius 1 is 0.972 bits per heavy atom. The Labute approximate surface area is 209 Å². The molecule has 0 aliphatic carbocycles. The molecule has 3 heterocycles. The summed E-state index contributed by atoms with van der Waals surface area (Å²) in [5.74, 6) is 2.77. The van der Waals surface area contributed by atoms with Crippen molar-refractivity contribution in [2.75, 3.05) is 45.3 Å². The lowest BCUT2D eigenvalue weighted by molar-refractivity contribution is 0.0745. The van der Waals surface area contributed by atoms with Crippen LogP contribution in [0.3, 0.4) is 0 Å². The number of aromatic nitrogens is 4. The van der Waals surface area contributed by atoms with Gasteiger partial charge in [-0.15, -0.1) is 0 Å². The summed E-state index contributed by atoms with van der Waals surface area (Å²) >= 11 is 0. The number of benzene rings is 2. The molecule has 0 radical (unpaired) electrons. The van der Waals surface area contributed by atoms with E-state index in [1.165, 1.54) is 6.33 Å². The maximum Gasteiger partial charge on any atom is 0.254 e. The van der Waals surface area contributed by atoms with Crippen LogP contribution in [0, 0.1) is 6.92 Å². The van der Waals surface area contributed by atoms with Crippen molar-refractivity contribution in [2.45, 2.75) is 13.5 Å². The van der Waals surface area contributed by atoms with E-state index >= 15 is 0 Å². The molecule has 2 aromatic heterocycles. The van der Waals surface area contributed by atoms with E-state index in [2.05, 4.69) is 20.0 Å². The number of ether oxygens (including phenoxy) is 3. The predicted molar refractivity (Wildman–Crippen MR) is 134 cm³/mol. The molecule has 1 amide bonds. The first-order valence-electron chi connectivity index (χ1n) is 11.7. The fourth-order valence-electron chi connectivity index (χ4n) is 4.33. The Morgan fingerprint density at radius 3 is 2.33 bits per heavy atom. The third-order valence-electron chi connectivity index (χ3n) is 6.19. The Hall–Kier alpha value is -4.34. The van der Waals surface area contributed by atoms with Crippen LogP contribution in [0.1, 0.15) is 21.6 Å². The zero-order chi connectivity index (χ0) is 25.1. The fraction of sp³-hybridized carbons (Fsp3) is 0.308. The van der Waals surface area contributed by atoms with Gasteiger partial charge in [0.2, 0.25) is 5.75 Å². The molecular formula is C26H28N6O4. The number of amides is 1. The number of carbonyl (C=O) groups excluding carboxylic acids is 1. The van der Waals surface area contributed by atoms with Gasteiger partial charge in [-0.2, -0.15) is 14.6 Å². The van der Waals surface area contributed by atoms with Gasteiger partial charge in [-0.05, 0) is 24.6 Å². The Bertz CT molecular complexity index is 1340. The van der Waals surface area contributed by atoms with Crippen molar-refractivity contribution >= 4 is 17.5 Å². The van der Waals surface area contributed by atoms with Crippen molar-refractivity contribution in [2.24, 2.45) is 0 Å². The minimum Gasteiger partial charge on any atom is -0.493 e. The highest BCUT2D eigenvalue weighted by Crippen LogP contribution is 2.39. The zero-order valence-electron chi connectivity index (χ0n) is 20.5. The second-order valence-electron chi connectivity index (χ2n) is 8.49. The number of anilines is 1. The lowest BCUT2D eigenvalue weighted by Gasteiger charge is -2.36. The summed E-state index contributed by atoms with van der Waals surface area (Å²) < 4.78 is 18.9. The van der Waals surface area contributed by atoms with Gasteiger partial charge in [0, 0.05) is 43.5 Å². The second-order valence-corrected chi connectivity index (χ2v) is 8.49. The third kappa shape index (κ3) is 4.61. The number of hydrogen-bond donors (Lipinski definition) is 0. The highest BCUT2D eigenvalue weighted by Gasteiger charge is 2.26. The average molecular weight is 489 g/mol. The number of aryl methyl sites for hydroxylation is 1. The van der Waals surface area contributed by atoms with Crippen LogP contribution in [0.15, 0.2) is 54.9 Å². The number of rotatable bonds is 7. The van der Waals surface area contributed by atoms with Crippen LogP contribution in [0.25, 0.3) is 5.78 Å². The number of hydrogen-bond acceptors (Lipinski definition) is 8. The van der Waals surface area contributed by atoms with Crippen molar-refractivity contribution in [1.82, 2.24) is 24.5 Å². The maximum absolute atomic E-state index is 13.4. The monoisotopic (exact) mass is 488 g/mol. The van der Waals surface area contributed by atoms with Gasteiger partial charge in [-0.25, -0.2) is 4.98 Å². The van der Waals surface area contributed by atoms with Crippen molar-refractivity contribution in [3.63, 3.8) is 0 Å². The fourth-order valence-corrected chi connectivity index (χ4v) is 4.33. The molecule has 0 bridgehead atoms. The predicted octanol–water partition coefficient (Wildman–Crippen LogP) is 2.99. The molecule has 5 rings (SSSR count). The van der Waals surface area contributed by atoms with E-state index in [-0.39, 0.29) is 5.91 Å². The van der Waals surface area contributed by atoms with Crippen LogP contribution in [0.4, 0.5) is 5.82 Å². The standard InChI is InChI=1S/C26H28N6O4/c1-18-13-23(32-26(29-18)27-17-28-32)30-9-11-31(12-10-30)25(33)20-14-21(34-2)24(22(15-20)35-3)36-16-19-7-5-4-6-8-19/h4-8,13-15,17H,9-12,16H2,1-3H3. The minimum absolute atomic E-state index is 0.0855. The Kier molecular flexibility index (Phi) is 6.57. The van der Waals surface area contributed by atoms with E-state index in [0.717, 1.165) is 17.1 Å². The van der Waals surface area contributed by atoms with E-state index < -0.39 is 0 Å². The summed E-state index contributed by atoms with van der Waals surface area (Å²) in [5, 5.41) is 4.30. The van der Waals surface area contributed by atoms with E-state index in [0.29, 0.717) is 61.4 Å². The van der Waals surface area contributed by atoms with Gasteiger partial charge in [-0.3, -0.25) is 4.79 Å². The normalized spacial score (nSPS) is 13.6. The van der Waals surface area contributed by atoms with E-state index in [1.54, 1.807) is 30.9 Å². The summed E-state index contributed by atoms with van der Waals surface area (Å²) in [6.45, 7) is 4.75. The zero-order valence-corrected chi connectivity index (χ0v) is 20.5. The van der Waals surface area contributed by atoms with Crippen LogP contribution in [-0.4, -0.2) is 70.8 Å². The molecule has 1 fully saturated rings. The minimum atomic E-state index is -0.0855. The quantitative estimate of drug-likeness (QED) is 0.392. The van der Waals surface area contributed by atoms with Crippen LogP contribution in [-0.2, 0) is 6.61 Å². The van der Waals surface area contributed by atoms with E-state index in [4.69, 9.17) is 14.2 Å². The molecule has 0 N–H and O–H groups in total. The molecule has 1 saturated heterocycles. The van der Waals surface area contributed by atoms with Gasteiger partial charge >= 0.3 is 0 Å². The smallest absolute Gasteiger partial charge is 0.254 e. The van der Waals surface area contributed by atoms with Gasteiger partial charge in [0.25, 0.3) is 11.7 Å². The summed E-state index contributed by atoms with van der Waals surface area (Å²) in [4.78, 5) is 26.1. The van der Waals surface area contributed by atoms with E-state index in [9.17, 15) is 4.79 Å². The van der Waals surface area contributed by atoms with Crippen LogP contribution >= 0.6 is 0 Å². The van der Waals surface area contributed by atoms with Gasteiger partial charge in [-0.1, -0.05) is 30.3 Å². The van der Waals surface area contributed by atoms with Crippen LogP contribution < -0.4 is 19.1 Å². The largest absolute Gasteiger partial charge is 0.493 e. The van der Waals surface area contributed by atoms with Crippen LogP contribution in [0.2, 0.25) is 0 Å². The Balaban J connectivity index is 1.31. The number of methoxy groups -OCH3 is 2. The summed E-state index contributed by atoms with van der Waals surface area (Å²) in [5.41, 5.74) is 2.38. The molecule has 10 nitrogen and oxygen atoms in total. The first-order valence-corrected chi connectivity index (χ1v) is 11.7. The van der Waals surface area contributed by atoms with Gasteiger partial charge in [0.15, 0.2) is 11.5 Å². The Morgan fingerprint density at radius 2 is 1.67 bits per heavy atom. The van der Waals surface area contributed by atoms with Gasteiger partial charge in [0.05, 0.1) is 14.2 Å². The maximum atomic E-state index is 13.4. The molecule has 0 unspecified atom stereocenters. The lowest BCUT2D eigenvalue weighted by atomic mass is 10.1. The highest BCUT2D eigenvalue weighted by atomic mass is 16.5. The molecule has 0 spiro atoms. The molecule has 4 aromatic rings. The summed E-state index contributed by atoms with van der Waals surface area (Å²) in [6.07, 6.45) is 1.50. The summed E-state index contributed by atoms with van der Waals surface area (Å²) in [7, 11) is 3.11. The molecule has 10 heteroatoms. The van der Waals surface area contributed by atoms with Gasteiger partial charge < -0.3 is 24.0 Å². The first kappa shape index (κ1) is 23.4. The number of nitrogens with zero attached hydrogens (tertiary/aromatic N) is 6. The van der Waals surface area contributed by atoms with Crippen LogP contribution in [0.5, 0.6) is 17.2 Å². The highest BCUT2D eigenvalue weighted by molar-refractivity contribution is 5.95. The molecule has 2 aromatic carbocycles. The number of carbonyl (C=O) groups is 1.